The number of nitrogen functional groups attached to an aromatic ring is 1. The summed E-state index contributed by atoms with van der Waals surface area (Å²) in [5, 5.41) is 0.450. The molecule has 2 aliphatic heterocycles. The number of aryl methyl sites for hydroxylation is 1. The van der Waals surface area contributed by atoms with E-state index in [4.69, 9.17) is 21.2 Å². The smallest absolute Gasteiger partial charge is 0.445 e. The van der Waals surface area contributed by atoms with E-state index in [1.54, 1.807) is 17.6 Å². The molecule has 1 aliphatic carbocycles. The predicted molar refractivity (Wildman–Crippen MR) is 136 cm³/mol. The first kappa shape index (κ1) is 25.2. The predicted octanol–water partition coefficient (Wildman–Crippen LogP) is 2.90. The van der Waals surface area contributed by atoms with Crippen molar-refractivity contribution < 1.29 is 32.6 Å². The zero-order chi connectivity index (χ0) is 28.0. The number of ketones is 1. The highest BCUT2D eigenvalue weighted by Gasteiger charge is 2.49. The Morgan fingerprint density at radius 3 is 2.62 bits per heavy atom. The van der Waals surface area contributed by atoms with E-state index >= 15 is 0 Å². The molecule has 3 aromatic rings. The Morgan fingerprint density at radius 1 is 1.21 bits per heavy atom. The Balaban J connectivity index is 1.61. The zero-order valence-electron chi connectivity index (χ0n) is 21.5. The molecule has 0 radical (unpaired) electrons. The fourth-order valence-corrected chi connectivity index (χ4v) is 5.98. The molecule has 0 bridgehead atoms. The summed E-state index contributed by atoms with van der Waals surface area (Å²) in [6.07, 6.45) is -3.01. The zero-order valence-corrected chi connectivity index (χ0v) is 21.5. The van der Waals surface area contributed by atoms with Gasteiger partial charge in [-0.15, -0.1) is 8.78 Å². The molecule has 6 rings (SSSR count). The van der Waals surface area contributed by atoms with E-state index in [0.29, 0.717) is 45.4 Å². The number of carbonyl (C=O) groups excluding carboxylic acids is 2. The van der Waals surface area contributed by atoms with Gasteiger partial charge in [0.25, 0.3) is 5.56 Å². The topological polar surface area (TPSA) is 149 Å². The number of nitrogens with zero attached hydrogens (tertiary/aromatic N) is 2. The molecule has 0 saturated heterocycles. The molecule has 0 spiro atoms. The Kier molecular flexibility index (Phi) is 5.32. The van der Waals surface area contributed by atoms with Crippen LogP contribution in [0.4, 0.5) is 14.5 Å². The van der Waals surface area contributed by atoms with Crippen molar-refractivity contribution in [3.05, 3.63) is 44.7 Å². The van der Waals surface area contributed by atoms with Gasteiger partial charge in [0.1, 0.15) is 6.04 Å². The highest BCUT2D eigenvalue weighted by atomic mass is 19.3. The standard InChI is InChI=1S/C27H26F2N4O6/c1-4-12-14-10-33-17(22(14)32-16-9-18-23(21(31)20(12)16)38-27(28,29)37-18)8-15-13(24(33)35)6-7-19(34)26(15,5-2)39-25(36)11(3)30/h8-9,11H,4-7,10,30-31H2,1-3H3. The number of benzene rings is 1. The molecule has 12 heteroatoms. The van der Waals surface area contributed by atoms with E-state index in [2.05, 4.69) is 9.47 Å². The number of hydrogen-bond acceptors (Lipinski definition) is 9. The van der Waals surface area contributed by atoms with Crippen LogP contribution < -0.4 is 26.5 Å². The van der Waals surface area contributed by atoms with Crippen LogP contribution in [0.15, 0.2) is 16.9 Å². The quantitative estimate of drug-likeness (QED) is 0.294. The van der Waals surface area contributed by atoms with Crippen molar-refractivity contribution in [3.8, 4) is 22.9 Å². The van der Waals surface area contributed by atoms with E-state index in [1.807, 2.05) is 6.92 Å². The maximum Gasteiger partial charge on any atom is 0.586 e. The van der Waals surface area contributed by atoms with Crippen LogP contribution in [0.1, 0.15) is 55.9 Å². The molecular weight excluding hydrogens is 514 g/mol. The van der Waals surface area contributed by atoms with E-state index in [-0.39, 0.29) is 54.3 Å². The lowest BCUT2D eigenvalue weighted by atomic mass is 9.76. The maximum atomic E-state index is 13.8. The summed E-state index contributed by atoms with van der Waals surface area (Å²) < 4.78 is 44.2. The number of Topliss-reactive ketones (excluding diaryl/α,β-unsaturated/α-hetero) is 1. The maximum absolute atomic E-state index is 13.8. The highest BCUT2D eigenvalue weighted by molar-refractivity contribution is 6.01. The molecule has 0 amide bonds. The first-order valence-corrected chi connectivity index (χ1v) is 12.8. The third-order valence-electron chi connectivity index (χ3n) is 7.84. The van der Waals surface area contributed by atoms with Crippen LogP contribution in [0.2, 0.25) is 0 Å². The van der Waals surface area contributed by atoms with Gasteiger partial charge in [0, 0.05) is 34.6 Å². The van der Waals surface area contributed by atoms with Gasteiger partial charge in [0.15, 0.2) is 22.9 Å². The van der Waals surface area contributed by atoms with Crippen molar-refractivity contribution in [1.29, 1.82) is 0 Å². The number of aromatic nitrogens is 2. The largest absolute Gasteiger partial charge is 0.586 e. The molecule has 2 atom stereocenters. The van der Waals surface area contributed by atoms with E-state index < -0.39 is 23.9 Å². The van der Waals surface area contributed by atoms with E-state index in [1.165, 1.54) is 13.0 Å². The fourth-order valence-electron chi connectivity index (χ4n) is 5.98. The van der Waals surface area contributed by atoms with E-state index in [9.17, 15) is 23.2 Å². The van der Waals surface area contributed by atoms with Gasteiger partial charge in [-0.25, -0.2) is 4.98 Å². The lowest BCUT2D eigenvalue weighted by Gasteiger charge is -2.37. The summed E-state index contributed by atoms with van der Waals surface area (Å²) >= 11 is 0. The van der Waals surface area contributed by atoms with Gasteiger partial charge in [0.05, 0.1) is 29.1 Å². The second-order valence-electron chi connectivity index (χ2n) is 10.1. The van der Waals surface area contributed by atoms with Gasteiger partial charge < -0.3 is 30.2 Å². The Bertz CT molecular complexity index is 1680. The summed E-state index contributed by atoms with van der Waals surface area (Å²) in [5.74, 6) is -1.55. The number of ether oxygens (including phenoxy) is 3. The summed E-state index contributed by atoms with van der Waals surface area (Å²) in [6.45, 7) is 5.24. The molecule has 0 fully saturated rings. The molecule has 1 aromatic carbocycles. The molecule has 4 N–H and O–H groups in total. The molecule has 4 heterocycles. The monoisotopic (exact) mass is 540 g/mol. The molecular formula is C27H26F2N4O6. The molecule has 10 nitrogen and oxygen atoms in total. The van der Waals surface area contributed by atoms with Crippen molar-refractivity contribution >= 4 is 28.3 Å². The Morgan fingerprint density at radius 2 is 1.95 bits per heavy atom. The lowest BCUT2D eigenvalue weighted by Crippen LogP contribution is -2.48. The third-order valence-corrected chi connectivity index (χ3v) is 7.84. The van der Waals surface area contributed by atoms with Crippen LogP contribution in [0, 0.1) is 0 Å². The molecule has 3 aliphatic rings. The minimum atomic E-state index is -3.85. The summed E-state index contributed by atoms with van der Waals surface area (Å²) in [4.78, 5) is 44.4. The fraction of sp³-hybridized carbons (Fsp3) is 0.407. The van der Waals surface area contributed by atoms with Crippen LogP contribution in [-0.4, -0.2) is 33.6 Å². The number of anilines is 1. The number of hydrogen-bond donors (Lipinski definition) is 2. The van der Waals surface area contributed by atoms with Crippen molar-refractivity contribution in [2.45, 2.75) is 70.9 Å². The minimum Gasteiger partial charge on any atom is -0.445 e. The SMILES string of the molecule is CCc1c2c(nc3cc4c(c(N)c13)OC(F)(F)O4)-c1cc3c(c(=O)n1C2)CCC(=O)C3(CC)OC(=O)C(C)N. The number of halogens is 2. The third kappa shape index (κ3) is 3.40. The number of pyridine rings is 2. The van der Waals surface area contributed by atoms with Crippen LogP contribution in [0.25, 0.3) is 22.3 Å². The van der Waals surface area contributed by atoms with Crippen LogP contribution >= 0.6 is 0 Å². The second kappa shape index (κ2) is 8.22. The Labute approximate surface area is 220 Å². The molecule has 204 valence electrons. The van der Waals surface area contributed by atoms with Gasteiger partial charge in [-0.05, 0) is 37.8 Å². The molecule has 2 aromatic heterocycles. The highest BCUT2D eigenvalue weighted by Crippen LogP contribution is 2.50. The molecule has 0 saturated carbocycles. The first-order chi connectivity index (χ1) is 18.4. The molecule has 39 heavy (non-hydrogen) atoms. The van der Waals surface area contributed by atoms with Crippen LogP contribution in [0.3, 0.4) is 0 Å². The van der Waals surface area contributed by atoms with Gasteiger partial charge in [0.2, 0.25) is 0 Å². The van der Waals surface area contributed by atoms with Crippen LogP contribution in [-0.2, 0) is 39.3 Å². The average Bonchev–Trinajstić information content (AvgIpc) is 3.41. The second-order valence-corrected chi connectivity index (χ2v) is 10.1. The first-order valence-electron chi connectivity index (χ1n) is 12.8. The average molecular weight is 541 g/mol. The van der Waals surface area contributed by atoms with Crippen molar-refractivity contribution in [2.75, 3.05) is 5.73 Å². The summed E-state index contributed by atoms with van der Waals surface area (Å²) in [7, 11) is 0. The number of fused-ring (bicyclic) bond motifs is 6. The Hall–Kier alpha value is -4.06. The summed E-state index contributed by atoms with van der Waals surface area (Å²) in [6, 6.07) is 2.05. The van der Waals surface area contributed by atoms with Crippen molar-refractivity contribution in [3.63, 3.8) is 0 Å². The van der Waals surface area contributed by atoms with Gasteiger partial charge >= 0.3 is 12.3 Å². The van der Waals surface area contributed by atoms with E-state index in [0.717, 1.165) is 5.56 Å². The van der Waals surface area contributed by atoms with Gasteiger partial charge in [-0.3, -0.25) is 14.4 Å². The van der Waals surface area contributed by atoms with Crippen molar-refractivity contribution in [1.82, 2.24) is 9.55 Å². The normalized spacial score (nSPS) is 20.9. The van der Waals surface area contributed by atoms with Crippen LogP contribution in [0.5, 0.6) is 11.5 Å². The lowest BCUT2D eigenvalue weighted by molar-refractivity contribution is -0.286. The number of esters is 1. The van der Waals surface area contributed by atoms with Gasteiger partial charge in [-0.1, -0.05) is 13.8 Å². The number of alkyl halides is 2. The van der Waals surface area contributed by atoms with Crippen molar-refractivity contribution in [2.24, 2.45) is 5.73 Å². The number of rotatable bonds is 4. The summed E-state index contributed by atoms with van der Waals surface area (Å²) in [5.41, 5.74) is 13.4. The van der Waals surface area contributed by atoms with Gasteiger partial charge in [-0.2, -0.15) is 0 Å². The number of carbonyl (C=O) groups is 2. The minimum absolute atomic E-state index is 0.0205. The molecule has 2 unspecified atom stereocenters. The number of nitrogens with two attached hydrogens (primary N) is 2.